The number of hydrogen-bond donors (Lipinski definition) is 1. The van der Waals surface area contributed by atoms with Gasteiger partial charge in [0.1, 0.15) is 41.3 Å². The molecule has 28 heavy (non-hydrogen) atoms. The van der Waals surface area contributed by atoms with Crippen LogP contribution in [0.25, 0.3) is 0 Å². The van der Waals surface area contributed by atoms with E-state index in [2.05, 4.69) is 47.2 Å². The first-order chi connectivity index (χ1) is 13.6. The molecule has 6 nitrogen and oxygen atoms in total. The van der Waals surface area contributed by atoms with E-state index >= 15 is 0 Å². The van der Waals surface area contributed by atoms with Gasteiger partial charge in [-0.15, -0.1) is 0 Å². The van der Waals surface area contributed by atoms with Crippen LogP contribution in [0.3, 0.4) is 0 Å². The van der Waals surface area contributed by atoms with Gasteiger partial charge in [0.15, 0.2) is 5.16 Å². The average Bonchev–Trinajstić information content (AvgIpc) is 2.72. The molecular formula is C21H20N4O2S. The van der Waals surface area contributed by atoms with E-state index in [9.17, 15) is 5.26 Å². The maximum atomic E-state index is 9.40. The Morgan fingerprint density at radius 1 is 1.04 bits per heavy atom. The molecule has 1 aromatic heterocycles. The number of methoxy groups -OCH3 is 1. The number of aromatic nitrogens is 2. The zero-order chi connectivity index (χ0) is 19.9. The summed E-state index contributed by atoms with van der Waals surface area (Å²) in [4.78, 5) is 8.74. The van der Waals surface area contributed by atoms with E-state index in [1.807, 2.05) is 0 Å². The number of nitriles is 1. The van der Waals surface area contributed by atoms with Gasteiger partial charge in [-0.3, -0.25) is 0 Å². The highest BCUT2D eigenvalue weighted by atomic mass is 32.2. The quantitative estimate of drug-likeness (QED) is 0.477. The predicted octanol–water partition coefficient (Wildman–Crippen LogP) is 4.12. The topological polar surface area (TPSA) is 94.1 Å². The third kappa shape index (κ3) is 4.93. The standard InChI is InChI=1S/C21H20N4O2S/c1-14-3-5-15(6-4-14)13-28-21-24-19(18(11-22)20(23)25-21)12-27-17-9-7-16(26-2)8-10-17/h3-10H,12-13H2,1-2H3,(H2,23,24,25). The lowest BCUT2D eigenvalue weighted by Crippen LogP contribution is -2.08. The van der Waals surface area contributed by atoms with Crippen LogP contribution >= 0.6 is 11.8 Å². The highest BCUT2D eigenvalue weighted by Gasteiger charge is 2.14. The minimum absolute atomic E-state index is 0.125. The zero-order valence-corrected chi connectivity index (χ0v) is 16.5. The first kappa shape index (κ1) is 19.5. The van der Waals surface area contributed by atoms with E-state index in [0.717, 1.165) is 11.3 Å². The fourth-order valence-electron chi connectivity index (χ4n) is 2.45. The third-order valence-corrected chi connectivity index (χ3v) is 4.95. The summed E-state index contributed by atoms with van der Waals surface area (Å²) in [6, 6.07) is 17.5. The first-order valence-electron chi connectivity index (χ1n) is 8.60. The van der Waals surface area contributed by atoms with Crippen LogP contribution in [0.4, 0.5) is 5.82 Å². The molecule has 1 heterocycles. The summed E-state index contributed by atoms with van der Waals surface area (Å²) < 4.78 is 10.9. The largest absolute Gasteiger partial charge is 0.497 e. The van der Waals surface area contributed by atoms with Crippen molar-refractivity contribution in [1.82, 2.24) is 9.97 Å². The molecule has 0 spiro atoms. The van der Waals surface area contributed by atoms with Crippen molar-refractivity contribution in [3.8, 4) is 17.6 Å². The van der Waals surface area contributed by atoms with Gasteiger partial charge < -0.3 is 15.2 Å². The normalized spacial score (nSPS) is 10.3. The Balaban J connectivity index is 1.73. The van der Waals surface area contributed by atoms with Gasteiger partial charge in [-0.05, 0) is 36.8 Å². The van der Waals surface area contributed by atoms with Crippen LogP contribution in [0.1, 0.15) is 22.4 Å². The predicted molar refractivity (Wildman–Crippen MR) is 109 cm³/mol. The third-order valence-electron chi connectivity index (χ3n) is 4.03. The van der Waals surface area contributed by atoms with Crippen molar-refractivity contribution in [2.24, 2.45) is 0 Å². The van der Waals surface area contributed by atoms with Crippen molar-refractivity contribution in [1.29, 1.82) is 5.26 Å². The van der Waals surface area contributed by atoms with Gasteiger partial charge in [0.2, 0.25) is 0 Å². The number of hydrogen-bond acceptors (Lipinski definition) is 7. The molecule has 0 aliphatic rings. The van der Waals surface area contributed by atoms with Crippen LogP contribution in [0.15, 0.2) is 53.7 Å². The highest BCUT2D eigenvalue weighted by Crippen LogP contribution is 2.24. The molecule has 0 radical (unpaired) electrons. The van der Waals surface area contributed by atoms with Gasteiger partial charge in [-0.2, -0.15) is 5.26 Å². The van der Waals surface area contributed by atoms with Crippen molar-refractivity contribution in [3.63, 3.8) is 0 Å². The number of rotatable bonds is 7. The molecule has 3 aromatic rings. The van der Waals surface area contributed by atoms with E-state index in [4.69, 9.17) is 15.2 Å². The van der Waals surface area contributed by atoms with Crippen molar-refractivity contribution >= 4 is 17.6 Å². The summed E-state index contributed by atoms with van der Waals surface area (Å²) in [5, 5.41) is 9.92. The molecule has 0 aliphatic carbocycles. The second-order valence-corrected chi connectivity index (χ2v) is 7.01. The summed E-state index contributed by atoms with van der Waals surface area (Å²) in [6.07, 6.45) is 0. The molecule has 2 N–H and O–H groups in total. The van der Waals surface area contributed by atoms with Crippen LogP contribution in [0.2, 0.25) is 0 Å². The summed E-state index contributed by atoms with van der Waals surface area (Å²) >= 11 is 1.47. The Kier molecular flexibility index (Phi) is 6.35. The lowest BCUT2D eigenvalue weighted by atomic mass is 10.2. The van der Waals surface area contributed by atoms with Crippen molar-refractivity contribution in [2.45, 2.75) is 24.4 Å². The van der Waals surface area contributed by atoms with Gasteiger partial charge in [0.05, 0.1) is 7.11 Å². The van der Waals surface area contributed by atoms with Gasteiger partial charge in [0.25, 0.3) is 0 Å². The highest BCUT2D eigenvalue weighted by molar-refractivity contribution is 7.98. The number of ether oxygens (including phenoxy) is 2. The molecule has 0 saturated heterocycles. The second-order valence-electron chi connectivity index (χ2n) is 6.06. The molecule has 0 atom stereocenters. The van der Waals surface area contributed by atoms with E-state index in [1.54, 1.807) is 31.4 Å². The zero-order valence-electron chi connectivity index (χ0n) is 15.7. The molecule has 2 aromatic carbocycles. The number of aryl methyl sites for hydroxylation is 1. The molecule has 0 aliphatic heterocycles. The van der Waals surface area contributed by atoms with Gasteiger partial charge in [0, 0.05) is 5.75 Å². The number of benzene rings is 2. The van der Waals surface area contributed by atoms with Crippen LogP contribution in [-0.4, -0.2) is 17.1 Å². The van der Waals surface area contributed by atoms with Gasteiger partial charge in [-0.25, -0.2) is 9.97 Å². The fourth-order valence-corrected chi connectivity index (χ4v) is 3.28. The van der Waals surface area contributed by atoms with E-state index in [-0.39, 0.29) is 18.0 Å². The number of nitrogen functional groups attached to an aromatic ring is 1. The molecule has 0 saturated carbocycles. The monoisotopic (exact) mass is 392 g/mol. The number of anilines is 1. The van der Waals surface area contributed by atoms with Crippen LogP contribution in [0.5, 0.6) is 11.5 Å². The molecule has 7 heteroatoms. The molecular weight excluding hydrogens is 372 g/mol. The molecule has 0 amide bonds. The second kappa shape index (κ2) is 9.11. The Morgan fingerprint density at radius 3 is 2.36 bits per heavy atom. The maximum absolute atomic E-state index is 9.40. The smallest absolute Gasteiger partial charge is 0.190 e. The van der Waals surface area contributed by atoms with Crippen molar-refractivity contribution in [2.75, 3.05) is 12.8 Å². The maximum Gasteiger partial charge on any atom is 0.190 e. The van der Waals surface area contributed by atoms with E-state index in [0.29, 0.717) is 22.4 Å². The van der Waals surface area contributed by atoms with Crippen molar-refractivity contribution < 1.29 is 9.47 Å². The molecule has 0 bridgehead atoms. The minimum atomic E-state index is 0.125. The molecule has 3 rings (SSSR count). The summed E-state index contributed by atoms with van der Waals surface area (Å²) in [6.45, 7) is 2.18. The lowest BCUT2D eigenvalue weighted by molar-refractivity contribution is 0.299. The molecule has 142 valence electrons. The first-order valence-corrected chi connectivity index (χ1v) is 9.59. The van der Waals surface area contributed by atoms with E-state index in [1.165, 1.54) is 17.3 Å². The van der Waals surface area contributed by atoms with Crippen LogP contribution < -0.4 is 15.2 Å². The molecule has 0 unspecified atom stereocenters. The van der Waals surface area contributed by atoms with Gasteiger partial charge in [-0.1, -0.05) is 41.6 Å². The van der Waals surface area contributed by atoms with Crippen LogP contribution in [0, 0.1) is 18.3 Å². The minimum Gasteiger partial charge on any atom is -0.497 e. The fraction of sp³-hybridized carbons (Fsp3) is 0.190. The summed E-state index contributed by atoms with van der Waals surface area (Å²) in [5.74, 6) is 2.27. The molecule has 0 fully saturated rings. The lowest BCUT2D eigenvalue weighted by Gasteiger charge is -2.10. The van der Waals surface area contributed by atoms with E-state index < -0.39 is 0 Å². The number of thioether (sulfide) groups is 1. The Labute approximate surface area is 168 Å². The Morgan fingerprint density at radius 2 is 1.71 bits per heavy atom. The SMILES string of the molecule is COc1ccc(OCc2nc(SCc3ccc(C)cc3)nc(N)c2C#N)cc1. The van der Waals surface area contributed by atoms with Crippen molar-refractivity contribution in [3.05, 3.63) is 70.9 Å². The van der Waals surface area contributed by atoms with Crippen LogP contribution in [-0.2, 0) is 12.4 Å². The summed E-state index contributed by atoms with van der Waals surface area (Å²) in [5.41, 5.74) is 9.06. The van der Waals surface area contributed by atoms with Gasteiger partial charge >= 0.3 is 0 Å². The Bertz CT molecular complexity index is 983. The average molecular weight is 392 g/mol. The summed E-state index contributed by atoms with van der Waals surface area (Å²) in [7, 11) is 1.61. The number of nitrogens with two attached hydrogens (primary N) is 1. The Hall–Kier alpha value is -3.24. The number of nitrogens with zero attached hydrogens (tertiary/aromatic N) is 3.